The second-order valence-electron chi connectivity index (χ2n) is 4.19. The molecule has 0 spiro atoms. The van der Waals surface area contributed by atoms with Gasteiger partial charge in [0.2, 0.25) is 0 Å². The van der Waals surface area contributed by atoms with Gasteiger partial charge in [-0.15, -0.1) is 0 Å². The van der Waals surface area contributed by atoms with Gasteiger partial charge in [0, 0.05) is 22.3 Å². The Labute approximate surface area is 98.1 Å². The number of hydrogen-bond acceptors (Lipinski definition) is 3. The average molecular weight is 226 g/mol. The molecule has 0 aliphatic heterocycles. The van der Waals surface area contributed by atoms with Crippen molar-refractivity contribution >= 4 is 11.6 Å². The van der Waals surface area contributed by atoms with Crippen molar-refractivity contribution in [1.82, 2.24) is 0 Å². The lowest BCUT2D eigenvalue weighted by molar-refractivity contribution is 0.0938. The van der Waals surface area contributed by atoms with Gasteiger partial charge in [-0.1, -0.05) is 36.4 Å². The van der Waals surface area contributed by atoms with Gasteiger partial charge in [0.1, 0.15) is 0 Å². The van der Waals surface area contributed by atoms with Crippen LogP contribution >= 0.6 is 0 Å². The number of carbonyl (C=O) groups excluding carboxylic acids is 2. The molecule has 1 aromatic rings. The molecule has 2 aliphatic rings. The molecule has 1 N–H and O–H groups in total. The van der Waals surface area contributed by atoms with Crippen molar-refractivity contribution in [1.29, 1.82) is 0 Å². The van der Waals surface area contributed by atoms with Crippen LogP contribution in [-0.4, -0.2) is 22.8 Å². The summed E-state index contributed by atoms with van der Waals surface area (Å²) in [6.07, 6.45) is 2.89. The quantitative estimate of drug-likeness (QED) is 0.732. The standard InChI is InChI=1S/C14H10O3/c15-11-7-3-6-10-12(11)14(17)9-5-2-1-4-8(9)13(10)16/h1-6,11,15H,7H2. The number of carbonyl (C=O) groups is 2. The van der Waals surface area contributed by atoms with Gasteiger partial charge in [0.15, 0.2) is 11.6 Å². The summed E-state index contributed by atoms with van der Waals surface area (Å²) in [6, 6.07) is 6.73. The summed E-state index contributed by atoms with van der Waals surface area (Å²) in [4.78, 5) is 24.4. The summed E-state index contributed by atoms with van der Waals surface area (Å²) >= 11 is 0. The van der Waals surface area contributed by atoms with Crippen LogP contribution in [-0.2, 0) is 0 Å². The zero-order chi connectivity index (χ0) is 12.0. The van der Waals surface area contributed by atoms with E-state index in [1.165, 1.54) is 0 Å². The Morgan fingerprint density at radius 2 is 1.71 bits per heavy atom. The highest BCUT2D eigenvalue weighted by Crippen LogP contribution is 2.32. The van der Waals surface area contributed by atoms with E-state index in [9.17, 15) is 14.7 Å². The SMILES string of the molecule is O=C1C2=C(C(=O)c3ccccc31)C(O)CC=C2. The molecular formula is C14H10O3. The van der Waals surface area contributed by atoms with Crippen LogP contribution in [0.25, 0.3) is 0 Å². The van der Waals surface area contributed by atoms with Crippen molar-refractivity contribution in [2.45, 2.75) is 12.5 Å². The van der Waals surface area contributed by atoms with Crippen LogP contribution < -0.4 is 0 Å². The molecule has 3 heteroatoms. The maximum Gasteiger partial charge on any atom is 0.194 e. The van der Waals surface area contributed by atoms with Crippen molar-refractivity contribution in [3.05, 3.63) is 58.7 Å². The number of ketones is 2. The van der Waals surface area contributed by atoms with Gasteiger partial charge in [0.05, 0.1) is 6.10 Å². The largest absolute Gasteiger partial charge is 0.388 e. The molecule has 2 aliphatic carbocycles. The number of aliphatic hydroxyl groups is 1. The van der Waals surface area contributed by atoms with Crippen LogP contribution in [0.15, 0.2) is 47.6 Å². The first-order chi connectivity index (χ1) is 8.20. The molecule has 0 aromatic heterocycles. The maximum atomic E-state index is 12.2. The summed E-state index contributed by atoms with van der Waals surface area (Å²) in [5.74, 6) is -0.405. The van der Waals surface area contributed by atoms with Crippen molar-refractivity contribution in [3.63, 3.8) is 0 Å². The minimum Gasteiger partial charge on any atom is -0.388 e. The lowest BCUT2D eigenvalue weighted by Gasteiger charge is -2.24. The third-order valence-electron chi connectivity index (χ3n) is 3.17. The van der Waals surface area contributed by atoms with E-state index in [0.717, 1.165) is 0 Å². The Kier molecular flexibility index (Phi) is 2.09. The lowest BCUT2D eigenvalue weighted by atomic mass is 9.79. The lowest BCUT2D eigenvalue weighted by Crippen LogP contribution is -2.29. The van der Waals surface area contributed by atoms with E-state index in [4.69, 9.17) is 0 Å². The van der Waals surface area contributed by atoms with E-state index >= 15 is 0 Å². The predicted octanol–water partition coefficient (Wildman–Crippen LogP) is 1.68. The monoisotopic (exact) mass is 226 g/mol. The van der Waals surface area contributed by atoms with Gasteiger partial charge in [0.25, 0.3) is 0 Å². The van der Waals surface area contributed by atoms with E-state index in [2.05, 4.69) is 0 Å². The highest BCUT2D eigenvalue weighted by Gasteiger charge is 2.35. The third-order valence-corrected chi connectivity index (χ3v) is 3.17. The number of aliphatic hydroxyl groups excluding tert-OH is 1. The van der Waals surface area contributed by atoms with Crippen LogP contribution in [0.1, 0.15) is 27.1 Å². The van der Waals surface area contributed by atoms with Crippen molar-refractivity contribution in [2.75, 3.05) is 0 Å². The summed E-state index contributed by atoms with van der Waals surface area (Å²) in [7, 11) is 0. The highest BCUT2D eigenvalue weighted by molar-refractivity contribution is 6.28. The van der Waals surface area contributed by atoms with E-state index in [-0.39, 0.29) is 17.1 Å². The van der Waals surface area contributed by atoms with Gasteiger partial charge in [-0.3, -0.25) is 9.59 Å². The van der Waals surface area contributed by atoms with E-state index in [1.54, 1.807) is 36.4 Å². The number of fused-ring (bicyclic) bond motifs is 1. The van der Waals surface area contributed by atoms with Gasteiger partial charge in [-0.05, 0) is 6.42 Å². The maximum absolute atomic E-state index is 12.2. The highest BCUT2D eigenvalue weighted by atomic mass is 16.3. The molecule has 0 amide bonds. The third kappa shape index (κ3) is 1.33. The Bertz CT molecular complexity index is 593. The predicted molar refractivity (Wildman–Crippen MR) is 61.9 cm³/mol. The molecule has 0 saturated carbocycles. The number of Topliss-reactive ketones (excluding diaryl/α,β-unsaturated/α-hetero) is 2. The average Bonchev–Trinajstić information content (AvgIpc) is 2.36. The molecule has 1 unspecified atom stereocenters. The zero-order valence-corrected chi connectivity index (χ0v) is 9.01. The summed E-state index contributed by atoms with van der Waals surface area (Å²) in [6.45, 7) is 0. The Morgan fingerprint density at radius 3 is 2.41 bits per heavy atom. The molecule has 0 fully saturated rings. The molecule has 84 valence electrons. The van der Waals surface area contributed by atoms with Gasteiger partial charge < -0.3 is 5.11 Å². The molecule has 1 atom stereocenters. The van der Waals surface area contributed by atoms with Crippen molar-refractivity contribution in [3.8, 4) is 0 Å². The number of hydrogen-bond donors (Lipinski definition) is 1. The minimum absolute atomic E-state index is 0.176. The second-order valence-corrected chi connectivity index (χ2v) is 4.19. The Balaban J connectivity index is 2.27. The van der Waals surface area contributed by atoms with Gasteiger partial charge >= 0.3 is 0 Å². The summed E-state index contributed by atoms with van der Waals surface area (Å²) in [5, 5.41) is 9.84. The molecule has 1 aromatic carbocycles. The van der Waals surface area contributed by atoms with Gasteiger partial charge in [-0.2, -0.15) is 0 Å². The smallest absolute Gasteiger partial charge is 0.194 e. The van der Waals surface area contributed by atoms with Crippen LogP contribution in [0.5, 0.6) is 0 Å². The Morgan fingerprint density at radius 1 is 1.06 bits per heavy atom. The number of allylic oxidation sites excluding steroid dienone is 2. The topological polar surface area (TPSA) is 54.4 Å². The summed E-state index contributed by atoms with van der Waals surface area (Å²) in [5.41, 5.74) is 1.41. The fourth-order valence-corrected chi connectivity index (χ4v) is 2.34. The minimum atomic E-state index is -0.861. The van der Waals surface area contributed by atoms with Crippen LogP contribution in [0.2, 0.25) is 0 Å². The van der Waals surface area contributed by atoms with E-state index in [0.29, 0.717) is 23.1 Å². The fraction of sp³-hybridized carbons (Fsp3) is 0.143. The molecule has 3 rings (SSSR count). The Hall–Kier alpha value is -2.00. The van der Waals surface area contributed by atoms with Gasteiger partial charge in [-0.25, -0.2) is 0 Å². The van der Waals surface area contributed by atoms with E-state index < -0.39 is 6.10 Å². The first-order valence-corrected chi connectivity index (χ1v) is 5.47. The molecule has 3 nitrogen and oxygen atoms in total. The van der Waals surface area contributed by atoms with E-state index in [1.807, 2.05) is 0 Å². The molecule has 17 heavy (non-hydrogen) atoms. The molecule has 0 radical (unpaired) electrons. The molecular weight excluding hydrogens is 216 g/mol. The van der Waals surface area contributed by atoms with Crippen LogP contribution in [0.3, 0.4) is 0 Å². The summed E-state index contributed by atoms with van der Waals surface area (Å²) < 4.78 is 0. The van der Waals surface area contributed by atoms with Crippen LogP contribution in [0, 0.1) is 0 Å². The first kappa shape index (κ1) is 10.2. The molecule has 0 bridgehead atoms. The second kappa shape index (κ2) is 3.50. The number of benzene rings is 1. The van der Waals surface area contributed by atoms with Crippen molar-refractivity contribution < 1.29 is 14.7 Å². The van der Waals surface area contributed by atoms with Crippen molar-refractivity contribution in [2.24, 2.45) is 0 Å². The zero-order valence-electron chi connectivity index (χ0n) is 9.01. The fourth-order valence-electron chi connectivity index (χ4n) is 2.34. The number of rotatable bonds is 0. The normalized spacial score (nSPS) is 22.5. The molecule has 0 saturated heterocycles. The van der Waals surface area contributed by atoms with Crippen LogP contribution in [0.4, 0.5) is 0 Å². The molecule has 0 heterocycles. The first-order valence-electron chi connectivity index (χ1n) is 5.47.